The number of thiazole rings is 1. The lowest BCUT2D eigenvalue weighted by molar-refractivity contribution is 0.213. The van der Waals surface area contributed by atoms with E-state index in [9.17, 15) is 4.79 Å². The molecule has 1 aliphatic rings. The zero-order valence-electron chi connectivity index (χ0n) is 11.9. The van der Waals surface area contributed by atoms with Crippen LogP contribution in [0.15, 0.2) is 35.8 Å². The van der Waals surface area contributed by atoms with Crippen LogP contribution in [0.3, 0.4) is 0 Å². The third-order valence-corrected chi connectivity index (χ3v) is 4.76. The summed E-state index contributed by atoms with van der Waals surface area (Å²) in [5.41, 5.74) is 2.48. The number of rotatable bonds is 5. The zero-order valence-corrected chi connectivity index (χ0v) is 13.6. The zero-order chi connectivity index (χ0) is 15.4. The van der Waals surface area contributed by atoms with Crippen molar-refractivity contribution in [3.05, 3.63) is 47.0 Å². The molecule has 0 fully saturated rings. The molecule has 0 saturated carbocycles. The van der Waals surface area contributed by atoms with Crippen molar-refractivity contribution in [3.63, 3.8) is 0 Å². The Kier molecular flexibility index (Phi) is 4.84. The second-order valence-corrected chi connectivity index (χ2v) is 6.26. The molecule has 1 aromatic carbocycles. The molecule has 0 bridgehead atoms. The largest absolute Gasteiger partial charge is 0.468 e. The molecule has 0 aliphatic heterocycles. The molecule has 7 heteroatoms. The number of hydrogen-bond acceptors (Lipinski definition) is 5. The average Bonchev–Trinajstić information content (AvgIpc) is 3.20. The normalized spacial score (nSPS) is 16.1. The van der Waals surface area contributed by atoms with E-state index < -0.39 is 0 Å². The summed E-state index contributed by atoms with van der Waals surface area (Å²) in [6.07, 6.45) is 3.58. The van der Waals surface area contributed by atoms with Gasteiger partial charge in [-0.25, -0.2) is 9.78 Å². The van der Waals surface area contributed by atoms with E-state index in [4.69, 9.17) is 4.74 Å². The highest BCUT2D eigenvalue weighted by Gasteiger charge is 2.28. The average molecular weight is 335 g/mol. The predicted octanol–water partition coefficient (Wildman–Crippen LogP) is 3.07. The monoisotopic (exact) mass is 335 g/mol. The van der Waals surface area contributed by atoms with Crippen molar-refractivity contribution in [1.82, 2.24) is 14.6 Å². The molecule has 2 aromatic rings. The lowest BCUT2D eigenvalue weighted by atomic mass is 10.1. The van der Waals surface area contributed by atoms with Crippen LogP contribution in [0.2, 0.25) is 0 Å². The molecule has 1 heterocycles. The summed E-state index contributed by atoms with van der Waals surface area (Å²) in [6.45, 7) is 0.811. The number of aryl methyl sites for hydroxylation is 1. The highest BCUT2D eigenvalue weighted by molar-refractivity contribution is 7.78. The van der Waals surface area contributed by atoms with E-state index in [0.29, 0.717) is 18.3 Å². The number of urea groups is 1. The fourth-order valence-electron chi connectivity index (χ4n) is 2.59. The number of hydrogen-bond donors (Lipinski definition) is 2. The smallest absolute Gasteiger partial charge is 0.327 e. The number of thiol groups is 1. The second-order valence-electron chi connectivity index (χ2n) is 4.98. The van der Waals surface area contributed by atoms with E-state index >= 15 is 0 Å². The number of amides is 2. The van der Waals surface area contributed by atoms with Crippen molar-refractivity contribution in [2.24, 2.45) is 0 Å². The van der Waals surface area contributed by atoms with Gasteiger partial charge in [0.15, 0.2) is 0 Å². The molecule has 1 aromatic heterocycles. The van der Waals surface area contributed by atoms with Gasteiger partial charge in [-0.3, -0.25) is 4.31 Å². The fourth-order valence-corrected chi connectivity index (χ4v) is 3.41. The molecule has 3 rings (SSSR count). The second kappa shape index (κ2) is 7.02. The van der Waals surface area contributed by atoms with Crippen LogP contribution in [0.5, 0.6) is 5.19 Å². The van der Waals surface area contributed by atoms with Gasteiger partial charge in [-0.15, -0.1) is 0 Å². The van der Waals surface area contributed by atoms with Gasteiger partial charge in [-0.05, 0) is 24.0 Å². The Morgan fingerprint density at radius 2 is 2.36 bits per heavy atom. The van der Waals surface area contributed by atoms with Crippen LogP contribution >= 0.6 is 24.2 Å². The summed E-state index contributed by atoms with van der Waals surface area (Å²) in [7, 11) is 0. The number of carbonyl (C=O) groups is 1. The molecule has 1 atom stereocenters. The van der Waals surface area contributed by atoms with E-state index in [1.165, 1.54) is 26.8 Å². The first-order chi connectivity index (χ1) is 10.8. The molecule has 0 spiro atoms. The van der Waals surface area contributed by atoms with Crippen LogP contribution < -0.4 is 10.1 Å². The van der Waals surface area contributed by atoms with Crippen molar-refractivity contribution < 1.29 is 9.53 Å². The van der Waals surface area contributed by atoms with Gasteiger partial charge in [-0.1, -0.05) is 48.4 Å². The minimum absolute atomic E-state index is 0.0272. The summed E-state index contributed by atoms with van der Waals surface area (Å²) in [5.74, 6) is 0. The molecule has 5 nitrogen and oxygen atoms in total. The third kappa shape index (κ3) is 3.36. The lowest BCUT2D eigenvalue weighted by Gasteiger charge is -2.24. The Labute approximate surface area is 138 Å². The maximum Gasteiger partial charge on any atom is 0.327 e. The van der Waals surface area contributed by atoms with Gasteiger partial charge in [0.1, 0.15) is 6.61 Å². The summed E-state index contributed by atoms with van der Waals surface area (Å²) in [4.78, 5) is 16.2. The molecule has 1 unspecified atom stereocenters. The SMILES string of the molecule is O=C(NCCOc1nccs1)N(S)C1CCc2ccccc21. The minimum Gasteiger partial charge on any atom is -0.468 e. The summed E-state index contributed by atoms with van der Waals surface area (Å²) in [6, 6.07) is 8.02. The Bertz CT molecular complexity index is 633. The third-order valence-electron chi connectivity index (χ3n) is 3.62. The Balaban J connectivity index is 1.48. The number of nitrogens with zero attached hydrogens (tertiary/aromatic N) is 2. The topological polar surface area (TPSA) is 54.5 Å². The number of aromatic nitrogens is 1. The van der Waals surface area contributed by atoms with Gasteiger partial charge in [0.25, 0.3) is 5.19 Å². The number of ether oxygens (including phenoxy) is 1. The van der Waals surface area contributed by atoms with Crippen LogP contribution in [-0.4, -0.2) is 28.5 Å². The molecule has 22 heavy (non-hydrogen) atoms. The summed E-state index contributed by atoms with van der Waals surface area (Å²) < 4.78 is 6.89. The van der Waals surface area contributed by atoms with Crippen molar-refractivity contribution in [3.8, 4) is 5.19 Å². The highest BCUT2D eigenvalue weighted by Crippen LogP contribution is 2.36. The van der Waals surface area contributed by atoms with Crippen molar-refractivity contribution >= 4 is 30.2 Å². The lowest BCUT2D eigenvalue weighted by Crippen LogP contribution is -2.37. The Hall–Kier alpha value is -1.73. The van der Waals surface area contributed by atoms with E-state index in [1.54, 1.807) is 6.20 Å². The van der Waals surface area contributed by atoms with Gasteiger partial charge < -0.3 is 10.1 Å². The predicted molar refractivity (Wildman–Crippen MR) is 89.3 cm³/mol. The van der Waals surface area contributed by atoms with E-state index in [-0.39, 0.29) is 12.1 Å². The maximum absolute atomic E-state index is 12.2. The fraction of sp³-hybridized carbons (Fsp3) is 0.333. The van der Waals surface area contributed by atoms with Gasteiger partial charge in [0, 0.05) is 11.6 Å². The summed E-state index contributed by atoms with van der Waals surface area (Å²) >= 11 is 5.81. The maximum atomic E-state index is 12.2. The quantitative estimate of drug-likeness (QED) is 0.652. The first-order valence-electron chi connectivity index (χ1n) is 7.12. The number of fused-ring (bicyclic) bond motifs is 1. The molecule has 1 N–H and O–H groups in total. The van der Waals surface area contributed by atoms with E-state index in [1.807, 2.05) is 17.5 Å². The molecule has 0 radical (unpaired) electrons. The van der Waals surface area contributed by atoms with Gasteiger partial charge >= 0.3 is 6.03 Å². The first-order valence-corrected chi connectivity index (χ1v) is 8.39. The Morgan fingerprint density at radius 1 is 1.50 bits per heavy atom. The van der Waals surface area contributed by atoms with Crippen LogP contribution in [0, 0.1) is 0 Å². The van der Waals surface area contributed by atoms with Gasteiger partial charge in [0.05, 0.1) is 12.6 Å². The van der Waals surface area contributed by atoms with Crippen LogP contribution in [-0.2, 0) is 6.42 Å². The van der Waals surface area contributed by atoms with Crippen molar-refractivity contribution in [2.75, 3.05) is 13.2 Å². The standard InChI is InChI=1S/C15H17N3O2S2/c19-14(16-7-9-20-15-17-8-10-22-15)18(21)13-6-5-11-3-1-2-4-12(11)13/h1-4,8,10,13,21H,5-7,9H2,(H,16,19). The molecular weight excluding hydrogens is 318 g/mol. The number of carbonyl (C=O) groups excluding carboxylic acids is 1. The Morgan fingerprint density at radius 3 is 3.18 bits per heavy atom. The minimum atomic E-state index is -0.201. The molecule has 2 amide bonds. The van der Waals surface area contributed by atoms with E-state index in [0.717, 1.165) is 12.8 Å². The van der Waals surface area contributed by atoms with Crippen molar-refractivity contribution in [1.29, 1.82) is 0 Å². The van der Waals surface area contributed by atoms with Gasteiger partial charge in [0.2, 0.25) is 0 Å². The van der Waals surface area contributed by atoms with Crippen LogP contribution in [0.1, 0.15) is 23.6 Å². The molecule has 1 aliphatic carbocycles. The van der Waals surface area contributed by atoms with E-state index in [2.05, 4.69) is 35.2 Å². The summed E-state index contributed by atoms with van der Waals surface area (Å²) in [5, 5.41) is 5.28. The van der Waals surface area contributed by atoms with Crippen LogP contribution in [0.25, 0.3) is 0 Å². The highest BCUT2D eigenvalue weighted by atomic mass is 32.1. The molecule has 116 valence electrons. The molecular formula is C15H17N3O2S2. The number of nitrogens with one attached hydrogen (secondary N) is 1. The first kappa shape index (κ1) is 15.2. The number of benzene rings is 1. The molecule has 0 saturated heterocycles. The van der Waals surface area contributed by atoms with Crippen LogP contribution in [0.4, 0.5) is 4.79 Å². The van der Waals surface area contributed by atoms with Gasteiger partial charge in [-0.2, -0.15) is 0 Å². The van der Waals surface area contributed by atoms with Crippen molar-refractivity contribution in [2.45, 2.75) is 18.9 Å².